The van der Waals surface area contributed by atoms with Crippen LogP contribution in [0.1, 0.15) is 13.8 Å². The molecule has 0 aliphatic carbocycles. The van der Waals surface area contributed by atoms with E-state index in [0.29, 0.717) is 31.3 Å². The first-order valence-corrected chi connectivity index (χ1v) is 7.80. The number of carbonyl (C=O) groups is 1. The molecule has 1 amide bonds. The lowest BCUT2D eigenvalue weighted by atomic mass is 10.1. The highest BCUT2D eigenvalue weighted by atomic mass is 19.1. The Hall–Kier alpha value is -2.25. The normalized spacial score (nSPS) is 12.2. The zero-order chi connectivity index (χ0) is 17.5. The van der Waals surface area contributed by atoms with Crippen LogP contribution in [-0.4, -0.2) is 41.4 Å². The van der Waals surface area contributed by atoms with E-state index in [-0.39, 0.29) is 11.7 Å². The third kappa shape index (κ3) is 4.62. The number of imidazole rings is 1. The maximum absolute atomic E-state index is 13.1. The molecule has 7 heteroatoms. The molecule has 0 spiro atoms. The van der Waals surface area contributed by atoms with Crippen LogP contribution in [0.2, 0.25) is 0 Å². The monoisotopic (exact) mass is 335 g/mol. The van der Waals surface area contributed by atoms with Gasteiger partial charge in [0, 0.05) is 19.2 Å². The number of amides is 1. The Balaban J connectivity index is 2.05. The van der Waals surface area contributed by atoms with E-state index in [4.69, 9.17) is 9.47 Å². The average molecular weight is 335 g/mol. The molecule has 0 radical (unpaired) electrons. The third-order valence-electron chi connectivity index (χ3n) is 3.47. The molecule has 2 aromatic rings. The van der Waals surface area contributed by atoms with Gasteiger partial charge >= 0.3 is 0 Å². The van der Waals surface area contributed by atoms with Gasteiger partial charge in [0.1, 0.15) is 23.4 Å². The molecule has 0 unspecified atom stereocenters. The van der Waals surface area contributed by atoms with Crippen molar-refractivity contribution in [1.29, 1.82) is 0 Å². The molecule has 130 valence electrons. The molecular weight excluding hydrogens is 313 g/mol. The molecule has 6 nitrogen and oxygen atoms in total. The third-order valence-corrected chi connectivity index (χ3v) is 3.47. The molecule has 1 heterocycles. The molecule has 0 fully saturated rings. The van der Waals surface area contributed by atoms with Crippen LogP contribution < -0.4 is 5.32 Å². The predicted octanol–water partition coefficient (Wildman–Crippen LogP) is 2.61. The van der Waals surface area contributed by atoms with E-state index in [1.54, 1.807) is 37.0 Å². The van der Waals surface area contributed by atoms with E-state index in [1.807, 2.05) is 6.92 Å². The van der Waals surface area contributed by atoms with Gasteiger partial charge in [0.05, 0.1) is 19.5 Å². The van der Waals surface area contributed by atoms with Gasteiger partial charge in [-0.05, 0) is 38.1 Å². The van der Waals surface area contributed by atoms with Crippen molar-refractivity contribution in [1.82, 2.24) is 9.55 Å². The molecule has 1 aromatic carbocycles. The summed E-state index contributed by atoms with van der Waals surface area (Å²) < 4.78 is 25.4. The molecule has 0 saturated carbocycles. The van der Waals surface area contributed by atoms with Crippen LogP contribution in [0.25, 0.3) is 11.3 Å². The first kappa shape index (κ1) is 18.1. The molecular formula is C17H22FN3O3. The Bertz CT molecular complexity index is 670. The van der Waals surface area contributed by atoms with Crippen LogP contribution in [0.15, 0.2) is 30.6 Å². The van der Waals surface area contributed by atoms with E-state index in [0.717, 1.165) is 5.56 Å². The second-order valence-corrected chi connectivity index (χ2v) is 5.26. The van der Waals surface area contributed by atoms with Crippen LogP contribution >= 0.6 is 0 Å². The SMILES string of the molecule is CCOCCO[C@H](C)C(=O)Nc1c(-c2ccc(F)cc2)ncn1C. The van der Waals surface area contributed by atoms with Crippen molar-refractivity contribution in [2.24, 2.45) is 7.05 Å². The second kappa shape index (κ2) is 8.56. The Morgan fingerprint density at radius 3 is 2.71 bits per heavy atom. The average Bonchev–Trinajstić information content (AvgIpc) is 2.93. The molecule has 1 aromatic heterocycles. The minimum absolute atomic E-state index is 0.279. The fourth-order valence-corrected chi connectivity index (χ4v) is 2.12. The van der Waals surface area contributed by atoms with Crippen LogP contribution in [0.4, 0.5) is 10.2 Å². The van der Waals surface area contributed by atoms with Crippen molar-refractivity contribution in [3.8, 4) is 11.3 Å². The number of ether oxygens (including phenoxy) is 2. The summed E-state index contributed by atoms with van der Waals surface area (Å²) >= 11 is 0. The molecule has 2 rings (SSSR count). The maximum atomic E-state index is 13.1. The smallest absolute Gasteiger partial charge is 0.254 e. The number of hydrogen-bond acceptors (Lipinski definition) is 4. The van der Waals surface area contributed by atoms with E-state index in [2.05, 4.69) is 10.3 Å². The van der Waals surface area contributed by atoms with Gasteiger partial charge in [0.25, 0.3) is 5.91 Å². The highest BCUT2D eigenvalue weighted by molar-refractivity contribution is 5.96. The zero-order valence-electron chi connectivity index (χ0n) is 14.1. The molecule has 1 atom stereocenters. The number of nitrogens with one attached hydrogen (secondary N) is 1. The van der Waals surface area contributed by atoms with Gasteiger partial charge in [-0.1, -0.05) is 0 Å². The van der Waals surface area contributed by atoms with Gasteiger partial charge in [-0.3, -0.25) is 4.79 Å². The summed E-state index contributed by atoms with van der Waals surface area (Å²) in [5, 5.41) is 2.81. The summed E-state index contributed by atoms with van der Waals surface area (Å²) in [6.07, 6.45) is 0.968. The molecule has 1 N–H and O–H groups in total. The van der Waals surface area contributed by atoms with Crippen LogP contribution in [0, 0.1) is 5.82 Å². The Morgan fingerprint density at radius 2 is 2.04 bits per heavy atom. The van der Waals surface area contributed by atoms with Gasteiger partial charge in [-0.25, -0.2) is 9.37 Å². The van der Waals surface area contributed by atoms with E-state index >= 15 is 0 Å². The van der Waals surface area contributed by atoms with Crippen LogP contribution in [0.3, 0.4) is 0 Å². The molecule has 0 aliphatic heterocycles. The largest absolute Gasteiger partial charge is 0.379 e. The second-order valence-electron chi connectivity index (χ2n) is 5.26. The number of anilines is 1. The predicted molar refractivity (Wildman–Crippen MR) is 89.1 cm³/mol. The molecule has 0 bridgehead atoms. The van der Waals surface area contributed by atoms with Crippen molar-refractivity contribution < 1.29 is 18.7 Å². The first-order chi connectivity index (χ1) is 11.5. The maximum Gasteiger partial charge on any atom is 0.254 e. The molecule has 0 saturated heterocycles. The summed E-state index contributed by atoms with van der Waals surface area (Å²) in [6.45, 7) is 4.98. The number of rotatable bonds is 8. The van der Waals surface area contributed by atoms with Gasteiger partial charge in [-0.15, -0.1) is 0 Å². The Morgan fingerprint density at radius 1 is 1.33 bits per heavy atom. The number of halogens is 1. The van der Waals surface area contributed by atoms with E-state index in [1.165, 1.54) is 12.1 Å². The number of hydrogen-bond donors (Lipinski definition) is 1. The van der Waals surface area contributed by atoms with Crippen molar-refractivity contribution in [2.75, 3.05) is 25.1 Å². The van der Waals surface area contributed by atoms with Crippen molar-refractivity contribution in [2.45, 2.75) is 20.0 Å². The fourth-order valence-electron chi connectivity index (χ4n) is 2.12. The number of carbonyl (C=O) groups excluding carboxylic acids is 1. The lowest BCUT2D eigenvalue weighted by Crippen LogP contribution is -2.29. The topological polar surface area (TPSA) is 65.4 Å². The minimum atomic E-state index is -0.624. The van der Waals surface area contributed by atoms with Gasteiger partial charge in [-0.2, -0.15) is 0 Å². The number of aromatic nitrogens is 2. The minimum Gasteiger partial charge on any atom is -0.379 e. The fraction of sp³-hybridized carbons (Fsp3) is 0.412. The zero-order valence-corrected chi connectivity index (χ0v) is 14.1. The summed E-state index contributed by atoms with van der Waals surface area (Å²) in [7, 11) is 1.77. The lowest BCUT2D eigenvalue weighted by Gasteiger charge is -2.14. The summed E-state index contributed by atoms with van der Waals surface area (Å²) in [6, 6.07) is 5.95. The standard InChI is InChI=1S/C17H22FN3O3/c1-4-23-9-10-24-12(2)17(22)20-16-15(19-11-21(16)3)13-5-7-14(18)8-6-13/h5-8,11-12H,4,9-10H2,1-3H3,(H,20,22)/t12-/m1/s1. The quantitative estimate of drug-likeness (QED) is 0.753. The van der Waals surface area contributed by atoms with Crippen molar-refractivity contribution in [3.05, 3.63) is 36.4 Å². The van der Waals surface area contributed by atoms with Gasteiger partial charge < -0.3 is 19.4 Å². The van der Waals surface area contributed by atoms with Crippen molar-refractivity contribution >= 4 is 11.7 Å². The summed E-state index contributed by atoms with van der Waals surface area (Å²) in [4.78, 5) is 16.6. The highest BCUT2D eigenvalue weighted by Crippen LogP contribution is 2.26. The Kier molecular flexibility index (Phi) is 6.45. The number of nitrogens with zero attached hydrogens (tertiary/aromatic N) is 2. The number of benzene rings is 1. The van der Waals surface area contributed by atoms with Crippen molar-refractivity contribution in [3.63, 3.8) is 0 Å². The molecule has 24 heavy (non-hydrogen) atoms. The summed E-state index contributed by atoms with van der Waals surface area (Å²) in [5.74, 6) is -0.0677. The Labute approximate surface area is 140 Å². The summed E-state index contributed by atoms with van der Waals surface area (Å²) in [5.41, 5.74) is 1.30. The van der Waals surface area contributed by atoms with E-state index < -0.39 is 6.10 Å². The van der Waals surface area contributed by atoms with Gasteiger partial charge in [0.15, 0.2) is 0 Å². The lowest BCUT2D eigenvalue weighted by molar-refractivity contribution is -0.127. The molecule has 0 aliphatic rings. The van der Waals surface area contributed by atoms with Crippen LogP contribution in [0.5, 0.6) is 0 Å². The highest BCUT2D eigenvalue weighted by Gasteiger charge is 2.18. The van der Waals surface area contributed by atoms with Gasteiger partial charge in [0.2, 0.25) is 0 Å². The van der Waals surface area contributed by atoms with Crippen LogP contribution in [-0.2, 0) is 21.3 Å². The van der Waals surface area contributed by atoms with E-state index in [9.17, 15) is 9.18 Å². The number of aryl methyl sites for hydroxylation is 1. The first-order valence-electron chi connectivity index (χ1n) is 7.80.